The van der Waals surface area contributed by atoms with Gasteiger partial charge in [0.1, 0.15) is 47.0 Å². The minimum Gasteiger partial charge on any atom is -0.748 e. The number of hydrogen-bond donors (Lipinski definition) is 1. The van der Waals surface area contributed by atoms with E-state index in [1.165, 1.54) is 18.2 Å². The Kier molecular flexibility index (Phi) is 21.4. The lowest BCUT2D eigenvalue weighted by Gasteiger charge is -2.31. The van der Waals surface area contributed by atoms with Gasteiger partial charge in [0.05, 0.1) is 94.6 Å². The number of hydrogen-bond acceptors (Lipinski definition) is 22. The van der Waals surface area contributed by atoms with Crippen LogP contribution in [0.25, 0.3) is 21.5 Å². The highest BCUT2D eigenvalue weighted by Gasteiger charge is 2.47. The molecule has 29 heteroatoms. The van der Waals surface area contributed by atoms with Crippen molar-refractivity contribution < 1.29 is 103 Å². The van der Waals surface area contributed by atoms with Gasteiger partial charge in [-0.3, -0.25) is 4.79 Å². The Morgan fingerprint density at radius 1 is 0.605 bits per heavy atom. The third-order valence-electron chi connectivity index (χ3n) is 13.8. The molecular weight excluding hydrogens is 1160 g/mol. The van der Waals surface area contributed by atoms with Crippen molar-refractivity contribution in [1.29, 1.82) is 0 Å². The zero-order chi connectivity index (χ0) is 59.8. The molecule has 0 saturated carbocycles. The first kappa shape index (κ1) is 65.1. The van der Waals surface area contributed by atoms with E-state index in [1.54, 1.807) is 69.2 Å². The number of benzene rings is 4. The Morgan fingerprint density at radius 2 is 1.12 bits per heavy atom. The molecule has 4 aromatic carbocycles. The highest BCUT2D eigenvalue weighted by molar-refractivity contribution is 7.87. The molecule has 446 valence electrons. The SMILES string of the molecule is COCCOCCOCCOCCOCCN1C(=CC=CC=CC2=[N+](CCCCCC(=O)O)c3ccc4c(S(=O)(=O)[O-])cc(S(=O)(=O)[O-])cc4c3C2(C)C)C(C)(CCCS(=O)(=O)[O-])c2c1ccc1c(S(=O)(=O)[O-])cc(S(=O)(=O)[O-])cc21. The maximum Gasteiger partial charge on any atom is 0.303 e. The molecule has 1 atom stereocenters. The van der Waals surface area contributed by atoms with Crippen molar-refractivity contribution >= 4 is 95.2 Å². The number of nitrogens with zero attached hydrogens (tertiary/aromatic N) is 2. The lowest BCUT2D eigenvalue weighted by molar-refractivity contribution is -0.438. The molecule has 1 N–H and O–H groups in total. The van der Waals surface area contributed by atoms with Crippen molar-refractivity contribution in [2.45, 2.75) is 89.7 Å². The number of allylic oxidation sites excluding steroid dienone is 6. The molecule has 24 nitrogen and oxygen atoms in total. The van der Waals surface area contributed by atoms with E-state index in [2.05, 4.69) is 0 Å². The Hall–Kier alpha value is -5.09. The molecule has 4 aromatic rings. The number of unbranched alkanes of at least 4 members (excludes halogenated alkanes) is 2. The average molecular weight is 1230 g/mol. The van der Waals surface area contributed by atoms with Crippen molar-refractivity contribution in [2.24, 2.45) is 0 Å². The number of carboxylic acid groups (broad SMARTS) is 1. The normalized spacial score (nSPS) is 17.4. The van der Waals surface area contributed by atoms with Gasteiger partial charge in [0.15, 0.2) is 5.71 Å². The number of methoxy groups -OCH3 is 1. The lowest BCUT2D eigenvalue weighted by Crippen LogP contribution is -2.31. The van der Waals surface area contributed by atoms with Crippen LogP contribution in [-0.4, -0.2) is 172 Å². The predicted molar refractivity (Wildman–Crippen MR) is 289 cm³/mol. The molecule has 1 unspecified atom stereocenters. The van der Waals surface area contributed by atoms with Crippen molar-refractivity contribution in [3.8, 4) is 0 Å². The first-order valence-electron chi connectivity index (χ1n) is 25.3. The van der Waals surface area contributed by atoms with Gasteiger partial charge in [-0.2, -0.15) is 4.58 Å². The van der Waals surface area contributed by atoms with Crippen LogP contribution < -0.4 is 4.90 Å². The fraction of sp³-hybridized carbons (Fsp3) is 0.462. The van der Waals surface area contributed by atoms with Crippen LogP contribution in [-0.2, 0) is 89.9 Å². The van der Waals surface area contributed by atoms with Gasteiger partial charge in [0.25, 0.3) is 0 Å². The van der Waals surface area contributed by atoms with Gasteiger partial charge in [0, 0.05) is 72.1 Å². The van der Waals surface area contributed by atoms with Gasteiger partial charge in [-0.15, -0.1) is 0 Å². The van der Waals surface area contributed by atoms with Crippen molar-refractivity contribution in [1.82, 2.24) is 0 Å². The van der Waals surface area contributed by atoms with Crippen molar-refractivity contribution in [3.05, 3.63) is 95.7 Å². The topological polar surface area (TPSA) is 376 Å². The van der Waals surface area contributed by atoms with Gasteiger partial charge in [0.2, 0.25) is 5.69 Å². The fourth-order valence-electron chi connectivity index (χ4n) is 10.3. The van der Waals surface area contributed by atoms with Gasteiger partial charge in [-0.25, -0.2) is 42.1 Å². The maximum atomic E-state index is 12.7. The number of carbonyl (C=O) groups is 1. The third kappa shape index (κ3) is 16.2. The molecule has 0 fully saturated rings. The lowest BCUT2D eigenvalue weighted by atomic mass is 9.75. The highest BCUT2D eigenvalue weighted by Crippen LogP contribution is 2.54. The number of aliphatic carboxylic acids is 1. The summed E-state index contributed by atoms with van der Waals surface area (Å²) in [4.78, 5) is 9.18. The molecule has 0 aliphatic carbocycles. The summed E-state index contributed by atoms with van der Waals surface area (Å²) in [6, 6.07) is 8.65. The molecule has 2 heterocycles. The molecule has 81 heavy (non-hydrogen) atoms. The minimum absolute atomic E-state index is 0.0105. The summed E-state index contributed by atoms with van der Waals surface area (Å²) in [7, 11) is -24.7. The predicted octanol–water partition coefficient (Wildman–Crippen LogP) is 4.44. The monoisotopic (exact) mass is 1230 g/mol. The van der Waals surface area contributed by atoms with Crippen LogP contribution in [0.2, 0.25) is 0 Å². The van der Waals surface area contributed by atoms with E-state index in [0.29, 0.717) is 86.2 Å². The molecule has 0 radical (unpaired) electrons. The Labute approximate surface area is 471 Å². The average Bonchev–Trinajstić information content (AvgIpc) is 3.26. The minimum atomic E-state index is -5.43. The van der Waals surface area contributed by atoms with E-state index < -0.39 is 92.7 Å². The van der Waals surface area contributed by atoms with Gasteiger partial charge in [-0.1, -0.05) is 24.3 Å². The van der Waals surface area contributed by atoms with E-state index in [1.807, 2.05) is 4.58 Å². The standard InChI is InChI=1S/C52H66N2O22S5/c1-51(2)46(53(20-10-6-9-14-48(55)56)42-17-15-38-40(49(42)51)32-36(78(60,61)62)34-44(38)80(66,67)68)12-7-5-8-13-47-52(3,19-11-31-77(57,58)59)50-41-33-37(79(63,64)65)35-45(81(69,70)71)39(41)16-18-43(50)54(47)21-22-73-25-26-75-29-30-76-28-27-74-24-23-72-4/h5,7-8,12-13,15-18,32-35H,6,9-11,14,19-31H2,1-4H3,(H5-,55,56,57,58,59,60,61,62,63,64,65,66,67,68,69,70,71)/p-4. The molecule has 0 saturated heterocycles. The number of fused-ring (bicyclic) bond motifs is 6. The summed E-state index contributed by atoms with van der Waals surface area (Å²) in [6.45, 7) is 7.91. The third-order valence-corrected chi connectivity index (χ3v) is 18.0. The quantitative estimate of drug-likeness (QED) is 0.0305. The molecule has 0 aromatic heterocycles. The van der Waals surface area contributed by atoms with Crippen molar-refractivity contribution in [2.75, 3.05) is 90.3 Å². The Balaban J connectivity index is 1.43. The number of rotatable bonds is 32. The van der Waals surface area contributed by atoms with E-state index in [0.717, 1.165) is 12.1 Å². The molecule has 2 aliphatic rings. The molecular formula is C52H62N2O22S5-4. The molecule has 6 rings (SSSR count). The molecule has 2 aliphatic heterocycles. The van der Waals surface area contributed by atoms with Crippen LogP contribution in [0, 0.1) is 0 Å². The van der Waals surface area contributed by atoms with E-state index in [9.17, 15) is 74.8 Å². The number of ether oxygens (including phenoxy) is 5. The van der Waals surface area contributed by atoms with Crippen LogP contribution in [0.1, 0.15) is 70.4 Å². The molecule has 0 bridgehead atoms. The first-order chi connectivity index (χ1) is 37.8. The van der Waals surface area contributed by atoms with Crippen LogP contribution >= 0.6 is 0 Å². The number of carboxylic acids is 1. The van der Waals surface area contributed by atoms with Crippen LogP contribution in [0.15, 0.2) is 104 Å². The van der Waals surface area contributed by atoms with Gasteiger partial charge >= 0.3 is 5.97 Å². The van der Waals surface area contributed by atoms with Gasteiger partial charge in [-0.05, 0) is 111 Å². The summed E-state index contributed by atoms with van der Waals surface area (Å²) < 4.78 is 216. The summed E-state index contributed by atoms with van der Waals surface area (Å²) in [5.41, 5.74) is -0.169. The zero-order valence-electron chi connectivity index (χ0n) is 44.7. The summed E-state index contributed by atoms with van der Waals surface area (Å²) >= 11 is 0. The summed E-state index contributed by atoms with van der Waals surface area (Å²) in [5, 5.41) is 8.77. The molecule has 0 spiro atoms. The van der Waals surface area contributed by atoms with E-state index in [-0.39, 0.29) is 92.5 Å². The zero-order valence-corrected chi connectivity index (χ0v) is 48.8. The van der Waals surface area contributed by atoms with E-state index in [4.69, 9.17) is 23.7 Å². The Morgan fingerprint density at radius 3 is 1.63 bits per heavy atom. The van der Waals surface area contributed by atoms with Crippen LogP contribution in [0.4, 0.5) is 11.4 Å². The Bertz CT molecular complexity index is 3730. The smallest absolute Gasteiger partial charge is 0.303 e. The second-order valence-electron chi connectivity index (χ2n) is 19.7. The summed E-state index contributed by atoms with van der Waals surface area (Å²) in [5.74, 6) is -1.82. The second-order valence-corrected chi connectivity index (χ2v) is 26.7. The fourth-order valence-corrected chi connectivity index (χ4v) is 13.5. The molecule has 0 amide bonds. The largest absolute Gasteiger partial charge is 0.748 e. The summed E-state index contributed by atoms with van der Waals surface area (Å²) in [6.07, 6.45) is 8.96. The first-order valence-corrected chi connectivity index (χ1v) is 32.5. The highest BCUT2D eigenvalue weighted by atomic mass is 32.2. The van der Waals surface area contributed by atoms with Crippen LogP contribution in [0.3, 0.4) is 0 Å². The van der Waals surface area contributed by atoms with Crippen LogP contribution in [0.5, 0.6) is 0 Å². The van der Waals surface area contributed by atoms with Gasteiger partial charge < -0.3 is 56.5 Å². The van der Waals surface area contributed by atoms with E-state index >= 15 is 0 Å². The second kappa shape index (κ2) is 26.7. The maximum absolute atomic E-state index is 12.7. The van der Waals surface area contributed by atoms with Crippen molar-refractivity contribution in [3.63, 3.8) is 0 Å². The number of anilines is 1.